The summed E-state index contributed by atoms with van der Waals surface area (Å²) in [5.41, 5.74) is 1.47. The average Bonchev–Trinajstić information content (AvgIpc) is 2.61. The third-order valence-corrected chi connectivity index (χ3v) is 5.73. The molecule has 2 N–H and O–H groups in total. The summed E-state index contributed by atoms with van der Waals surface area (Å²) in [6.07, 6.45) is 3.89. The van der Waals surface area contributed by atoms with Gasteiger partial charge in [0, 0.05) is 26.2 Å². The monoisotopic (exact) mass is 317 g/mol. The Morgan fingerprint density at radius 2 is 1.74 bits per heavy atom. The molecule has 0 aromatic heterocycles. The lowest BCUT2D eigenvalue weighted by Crippen LogP contribution is -3.22. The minimum atomic E-state index is 0.240. The molecule has 23 heavy (non-hydrogen) atoms. The molecule has 0 bridgehead atoms. The molecular weight excluding hydrogens is 286 g/mol. The molecule has 4 nitrogen and oxygen atoms in total. The molecule has 4 heteroatoms. The van der Waals surface area contributed by atoms with Crippen LogP contribution in [0.25, 0.3) is 0 Å². The van der Waals surface area contributed by atoms with Gasteiger partial charge in [0.25, 0.3) is 0 Å². The van der Waals surface area contributed by atoms with Crippen molar-refractivity contribution in [3.05, 3.63) is 35.9 Å². The van der Waals surface area contributed by atoms with E-state index in [9.17, 15) is 4.79 Å². The molecule has 2 aliphatic heterocycles. The van der Waals surface area contributed by atoms with E-state index in [-0.39, 0.29) is 5.91 Å². The molecule has 1 aromatic carbocycles. The first kappa shape index (κ1) is 16.5. The Morgan fingerprint density at radius 1 is 1.09 bits per heavy atom. The Morgan fingerprint density at radius 3 is 2.35 bits per heavy atom. The van der Waals surface area contributed by atoms with Crippen molar-refractivity contribution in [1.29, 1.82) is 0 Å². The standard InChI is InChI=1S/C19H29N3O/c1-17(23)21-13-15-22(16-14-21)19-8-11-20(12-9-19)10-7-18-5-3-2-4-6-18/h2-6,19H,7-16H2,1H3/p+2. The molecule has 1 aromatic rings. The SMILES string of the molecule is CC(=O)N1CC[NH+](C2CC[NH+](CCc3ccccc3)CC2)CC1. The van der Waals surface area contributed by atoms with Crippen LogP contribution < -0.4 is 9.80 Å². The maximum atomic E-state index is 11.4. The number of nitrogens with one attached hydrogen (secondary N) is 2. The van der Waals surface area contributed by atoms with E-state index in [0.717, 1.165) is 32.2 Å². The first-order chi connectivity index (χ1) is 11.2. The van der Waals surface area contributed by atoms with E-state index in [4.69, 9.17) is 0 Å². The van der Waals surface area contributed by atoms with Crippen molar-refractivity contribution >= 4 is 5.91 Å². The van der Waals surface area contributed by atoms with E-state index < -0.39 is 0 Å². The lowest BCUT2D eigenvalue weighted by molar-refractivity contribution is -0.960. The van der Waals surface area contributed by atoms with E-state index in [1.807, 2.05) is 4.90 Å². The molecule has 0 saturated carbocycles. The topological polar surface area (TPSA) is 29.2 Å². The van der Waals surface area contributed by atoms with Gasteiger partial charge in [-0.25, -0.2) is 0 Å². The third kappa shape index (κ3) is 4.55. The Labute approximate surface area is 140 Å². The van der Waals surface area contributed by atoms with Gasteiger partial charge in [0.05, 0.1) is 51.9 Å². The molecule has 0 unspecified atom stereocenters. The molecule has 0 aliphatic carbocycles. The Balaban J connectivity index is 1.38. The molecule has 0 atom stereocenters. The molecule has 2 fully saturated rings. The number of piperazine rings is 1. The quantitative estimate of drug-likeness (QED) is 0.735. The van der Waals surface area contributed by atoms with Crippen LogP contribution in [-0.2, 0) is 11.2 Å². The number of amides is 1. The van der Waals surface area contributed by atoms with Crippen LogP contribution in [0, 0.1) is 0 Å². The molecule has 2 aliphatic rings. The smallest absolute Gasteiger partial charge is 0.219 e. The van der Waals surface area contributed by atoms with Gasteiger partial charge >= 0.3 is 0 Å². The van der Waals surface area contributed by atoms with Gasteiger partial charge in [-0.15, -0.1) is 0 Å². The largest absolute Gasteiger partial charge is 0.334 e. The fourth-order valence-electron chi connectivity index (χ4n) is 4.17. The van der Waals surface area contributed by atoms with Crippen LogP contribution in [0.2, 0.25) is 0 Å². The summed E-state index contributed by atoms with van der Waals surface area (Å²) in [6, 6.07) is 11.7. The van der Waals surface area contributed by atoms with Crippen LogP contribution in [0.4, 0.5) is 0 Å². The van der Waals surface area contributed by atoms with Crippen molar-refractivity contribution in [2.24, 2.45) is 0 Å². The van der Waals surface area contributed by atoms with Crippen LogP contribution in [0.15, 0.2) is 30.3 Å². The zero-order chi connectivity index (χ0) is 16.1. The van der Waals surface area contributed by atoms with Gasteiger partial charge in [0.1, 0.15) is 0 Å². The minimum absolute atomic E-state index is 0.240. The Hall–Kier alpha value is -1.39. The van der Waals surface area contributed by atoms with Crippen molar-refractivity contribution < 1.29 is 14.6 Å². The normalized spacial score (nSPS) is 26.2. The van der Waals surface area contributed by atoms with Crippen molar-refractivity contribution in [3.8, 4) is 0 Å². The maximum absolute atomic E-state index is 11.4. The number of carbonyl (C=O) groups is 1. The van der Waals surface area contributed by atoms with Crippen LogP contribution in [-0.4, -0.2) is 62.7 Å². The third-order valence-electron chi connectivity index (χ3n) is 5.73. The summed E-state index contributed by atoms with van der Waals surface area (Å²) < 4.78 is 0. The number of benzene rings is 1. The average molecular weight is 317 g/mol. The van der Waals surface area contributed by atoms with E-state index in [2.05, 4.69) is 30.3 Å². The zero-order valence-electron chi connectivity index (χ0n) is 14.4. The summed E-state index contributed by atoms with van der Waals surface area (Å²) in [5, 5.41) is 0. The number of quaternary nitrogens is 2. The summed E-state index contributed by atoms with van der Waals surface area (Å²) in [7, 11) is 0. The van der Waals surface area contributed by atoms with Crippen LogP contribution in [0.5, 0.6) is 0 Å². The maximum Gasteiger partial charge on any atom is 0.219 e. The summed E-state index contributed by atoms with van der Waals surface area (Å²) in [4.78, 5) is 16.9. The van der Waals surface area contributed by atoms with Gasteiger partial charge in [-0.3, -0.25) is 4.79 Å². The number of carbonyl (C=O) groups excluding carboxylic acids is 1. The predicted octanol–water partition coefficient (Wildman–Crippen LogP) is -0.977. The number of hydrogen-bond acceptors (Lipinski definition) is 1. The number of likely N-dealkylation sites (tertiary alicyclic amines) is 1. The minimum Gasteiger partial charge on any atom is -0.334 e. The molecule has 0 spiro atoms. The second-order valence-corrected chi connectivity index (χ2v) is 7.17. The molecule has 3 rings (SSSR count). The Kier molecular flexibility index (Phi) is 5.68. The first-order valence-corrected chi connectivity index (χ1v) is 9.20. The lowest BCUT2D eigenvalue weighted by Gasteiger charge is -2.39. The van der Waals surface area contributed by atoms with E-state index in [1.54, 1.807) is 16.7 Å². The Bertz CT molecular complexity index is 489. The first-order valence-electron chi connectivity index (χ1n) is 9.20. The number of nitrogens with zero attached hydrogens (tertiary/aromatic N) is 1. The van der Waals surface area contributed by atoms with Crippen LogP contribution >= 0.6 is 0 Å². The van der Waals surface area contributed by atoms with E-state index in [0.29, 0.717) is 0 Å². The number of piperidine rings is 1. The van der Waals surface area contributed by atoms with Gasteiger partial charge in [0.2, 0.25) is 5.91 Å². The van der Waals surface area contributed by atoms with Crippen LogP contribution in [0.3, 0.4) is 0 Å². The molecule has 1 amide bonds. The van der Waals surface area contributed by atoms with Gasteiger partial charge in [-0.1, -0.05) is 30.3 Å². The summed E-state index contributed by atoms with van der Waals surface area (Å²) in [5.74, 6) is 0.240. The van der Waals surface area contributed by atoms with Crippen molar-refractivity contribution in [2.75, 3.05) is 45.8 Å². The highest BCUT2D eigenvalue weighted by atomic mass is 16.2. The summed E-state index contributed by atoms with van der Waals surface area (Å²) in [6.45, 7) is 9.78. The second-order valence-electron chi connectivity index (χ2n) is 7.17. The molecule has 126 valence electrons. The van der Waals surface area contributed by atoms with Crippen molar-refractivity contribution in [1.82, 2.24) is 4.90 Å². The zero-order valence-corrected chi connectivity index (χ0v) is 14.4. The lowest BCUT2D eigenvalue weighted by atomic mass is 10.0. The van der Waals surface area contributed by atoms with Gasteiger partial charge in [-0.05, 0) is 5.56 Å². The summed E-state index contributed by atoms with van der Waals surface area (Å²) >= 11 is 0. The van der Waals surface area contributed by atoms with Gasteiger partial charge < -0.3 is 14.7 Å². The van der Waals surface area contributed by atoms with Crippen molar-refractivity contribution in [3.63, 3.8) is 0 Å². The molecular formula is C19H31N3O+2. The van der Waals surface area contributed by atoms with E-state index >= 15 is 0 Å². The van der Waals surface area contributed by atoms with Crippen LogP contribution in [0.1, 0.15) is 25.3 Å². The van der Waals surface area contributed by atoms with Crippen molar-refractivity contribution in [2.45, 2.75) is 32.2 Å². The molecule has 2 heterocycles. The second kappa shape index (κ2) is 7.93. The number of hydrogen-bond donors (Lipinski definition) is 2. The molecule has 2 saturated heterocycles. The fourth-order valence-corrected chi connectivity index (χ4v) is 4.17. The highest BCUT2D eigenvalue weighted by molar-refractivity contribution is 5.73. The van der Waals surface area contributed by atoms with E-state index in [1.165, 1.54) is 44.5 Å². The highest BCUT2D eigenvalue weighted by Crippen LogP contribution is 2.00. The van der Waals surface area contributed by atoms with Gasteiger partial charge in [-0.2, -0.15) is 0 Å². The molecule has 0 radical (unpaired) electrons. The van der Waals surface area contributed by atoms with Gasteiger partial charge in [0.15, 0.2) is 0 Å². The number of rotatable bonds is 4. The fraction of sp³-hybridized carbons (Fsp3) is 0.632. The predicted molar refractivity (Wildman–Crippen MR) is 91.7 cm³/mol. The highest BCUT2D eigenvalue weighted by Gasteiger charge is 2.32.